The summed E-state index contributed by atoms with van der Waals surface area (Å²) in [6.45, 7) is 0.519. The van der Waals surface area contributed by atoms with E-state index in [-0.39, 0.29) is 0 Å². The van der Waals surface area contributed by atoms with Gasteiger partial charge in [0.2, 0.25) is 0 Å². The van der Waals surface area contributed by atoms with E-state index in [1.54, 1.807) is 0 Å². The van der Waals surface area contributed by atoms with E-state index in [0.717, 1.165) is 55.9 Å². The summed E-state index contributed by atoms with van der Waals surface area (Å²) in [5.74, 6) is 0.815. The highest BCUT2D eigenvalue weighted by molar-refractivity contribution is 5.98. The molecule has 3 aromatic heterocycles. The van der Waals surface area contributed by atoms with Crippen molar-refractivity contribution in [2.24, 2.45) is 5.73 Å². The van der Waals surface area contributed by atoms with Crippen LogP contribution >= 0.6 is 0 Å². The predicted octanol–water partition coefficient (Wildman–Crippen LogP) is 5.74. The molecule has 6 rings (SSSR count). The number of benzene rings is 3. The van der Waals surface area contributed by atoms with Crippen LogP contribution in [-0.4, -0.2) is 19.6 Å². The quantitative estimate of drug-likeness (QED) is 0.390. The van der Waals surface area contributed by atoms with E-state index < -0.39 is 0 Å². The summed E-state index contributed by atoms with van der Waals surface area (Å²) >= 11 is 0. The molecule has 33 heavy (non-hydrogen) atoms. The average molecular weight is 428 g/mol. The monoisotopic (exact) mass is 427 g/mol. The fraction of sp³-hybridized carbons (Fsp3) is 0.0357. The Hall–Kier alpha value is -4.35. The van der Waals surface area contributed by atoms with Crippen LogP contribution in [0.5, 0.6) is 0 Å². The second-order valence-electron chi connectivity index (χ2n) is 7.98. The molecule has 0 atom stereocenters. The van der Waals surface area contributed by atoms with Gasteiger partial charge in [0, 0.05) is 34.8 Å². The van der Waals surface area contributed by atoms with Gasteiger partial charge in [-0.3, -0.25) is 4.40 Å². The summed E-state index contributed by atoms with van der Waals surface area (Å²) < 4.78 is 2.03. The molecule has 0 aliphatic rings. The topological polar surface area (TPSA) is 69.1 Å². The fourth-order valence-corrected chi connectivity index (χ4v) is 4.24. The lowest BCUT2D eigenvalue weighted by molar-refractivity contribution is 1.07. The molecule has 5 nitrogen and oxygen atoms in total. The number of nitrogens with zero attached hydrogens (tertiary/aromatic N) is 4. The first-order valence-electron chi connectivity index (χ1n) is 10.9. The normalized spacial score (nSPS) is 11.3. The summed E-state index contributed by atoms with van der Waals surface area (Å²) in [5, 5.41) is 10.00. The second-order valence-corrected chi connectivity index (χ2v) is 7.98. The molecule has 0 unspecified atom stereocenters. The molecule has 2 N–H and O–H groups in total. The SMILES string of the molecule is NCc1ccc(-c2nc3ccn4c(-c5ccccc5)nnc4c3cc2-c2ccccc2)cc1. The maximum atomic E-state index is 5.80. The molecule has 0 fully saturated rings. The van der Waals surface area contributed by atoms with Crippen LogP contribution in [0, 0.1) is 0 Å². The smallest absolute Gasteiger partial charge is 0.170 e. The van der Waals surface area contributed by atoms with Crippen molar-refractivity contribution in [1.82, 2.24) is 19.6 Å². The Bertz CT molecular complexity index is 1570. The largest absolute Gasteiger partial charge is 0.326 e. The summed E-state index contributed by atoms with van der Waals surface area (Å²) in [6.07, 6.45) is 2.00. The van der Waals surface area contributed by atoms with Crippen molar-refractivity contribution in [2.75, 3.05) is 0 Å². The van der Waals surface area contributed by atoms with Crippen molar-refractivity contribution >= 4 is 16.6 Å². The van der Waals surface area contributed by atoms with E-state index in [1.807, 2.05) is 65.2 Å². The Morgan fingerprint density at radius 1 is 0.697 bits per heavy atom. The lowest BCUT2D eigenvalue weighted by atomic mass is 9.97. The number of hydrogen-bond acceptors (Lipinski definition) is 4. The second kappa shape index (κ2) is 7.97. The molecule has 3 aromatic carbocycles. The highest BCUT2D eigenvalue weighted by Crippen LogP contribution is 2.35. The lowest BCUT2D eigenvalue weighted by Gasteiger charge is -2.13. The van der Waals surface area contributed by atoms with E-state index in [4.69, 9.17) is 10.7 Å². The van der Waals surface area contributed by atoms with E-state index in [1.165, 1.54) is 0 Å². The van der Waals surface area contributed by atoms with Gasteiger partial charge < -0.3 is 5.73 Å². The summed E-state index contributed by atoms with van der Waals surface area (Å²) in [6, 6.07) is 33.0. The third-order valence-electron chi connectivity index (χ3n) is 5.95. The number of rotatable bonds is 4. The highest BCUT2D eigenvalue weighted by atomic mass is 15.2. The van der Waals surface area contributed by atoms with Crippen LogP contribution in [0.15, 0.2) is 103 Å². The number of fused-ring (bicyclic) bond motifs is 3. The molecule has 5 heteroatoms. The standard InChI is InChI=1S/C28H21N5/c29-18-19-11-13-21(14-12-19)26-23(20-7-3-1-4-8-20)17-24-25(30-26)15-16-33-27(31-32-28(24)33)22-9-5-2-6-10-22/h1-17H,18,29H2. The van der Waals surface area contributed by atoms with Crippen LogP contribution in [0.4, 0.5) is 0 Å². The van der Waals surface area contributed by atoms with Gasteiger partial charge >= 0.3 is 0 Å². The lowest BCUT2D eigenvalue weighted by Crippen LogP contribution is -1.97. The zero-order valence-electron chi connectivity index (χ0n) is 17.9. The van der Waals surface area contributed by atoms with Gasteiger partial charge in [0.15, 0.2) is 11.5 Å². The first kappa shape index (κ1) is 19.3. The van der Waals surface area contributed by atoms with Gasteiger partial charge in [-0.2, -0.15) is 0 Å². The van der Waals surface area contributed by atoms with E-state index in [9.17, 15) is 0 Å². The van der Waals surface area contributed by atoms with E-state index in [2.05, 4.69) is 52.7 Å². The van der Waals surface area contributed by atoms with Crippen LogP contribution in [0.3, 0.4) is 0 Å². The van der Waals surface area contributed by atoms with Crippen molar-refractivity contribution in [3.05, 3.63) is 109 Å². The molecule has 0 bridgehead atoms. The van der Waals surface area contributed by atoms with Gasteiger partial charge in [0.05, 0.1) is 11.2 Å². The van der Waals surface area contributed by atoms with Gasteiger partial charge in [-0.1, -0.05) is 84.9 Å². The molecule has 0 radical (unpaired) electrons. The van der Waals surface area contributed by atoms with Crippen molar-refractivity contribution in [3.63, 3.8) is 0 Å². The van der Waals surface area contributed by atoms with Crippen molar-refractivity contribution < 1.29 is 0 Å². The van der Waals surface area contributed by atoms with Gasteiger partial charge in [0.1, 0.15) is 0 Å². The Balaban J connectivity index is 1.62. The molecular formula is C28H21N5. The number of hydrogen-bond donors (Lipinski definition) is 1. The Kier molecular flexibility index (Phi) is 4.67. The highest BCUT2D eigenvalue weighted by Gasteiger charge is 2.16. The molecule has 0 saturated carbocycles. The summed E-state index contributed by atoms with van der Waals surface area (Å²) in [4.78, 5) is 5.10. The van der Waals surface area contributed by atoms with Crippen LogP contribution in [0.25, 0.3) is 50.3 Å². The molecular weight excluding hydrogens is 406 g/mol. The van der Waals surface area contributed by atoms with Crippen molar-refractivity contribution in [1.29, 1.82) is 0 Å². The maximum Gasteiger partial charge on any atom is 0.170 e. The molecule has 0 spiro atoms. The number of nitrogens with two attached hydrogens (primary N) is 1. The molecule has 0 amide bonds. The van der Waals surface area contributed by atoms with Gasteiger partial charge in [-0.25, -0.2) is 4.98 Å². The minimum atomic E-state index is 0.519. The Morgan fingerprint density at radius 2 is 1.39 bits per heavy atom. The van der Waals surface area contributed by atoms with Crippen LogP contribution < -0.4 is 5.73 Å². The average Bonchev–Trinajstić information content (AvgIpc) is 3.34. The molecule has 3 heterocycles. The summed E-state index contributed by atoms with van der Waals surface area (Å²) in [5.41, 5.74) is 13.7. The minimum absolute atomic E-state index is 0.519. The number of aromatic nitrogens is 4. The first-order chi connectivity index (χ1) is 16.3. The Morgan fingerprint density at radius 3 is 2.09 bits per heavy atom. The molecule has 0 saturated heterocycles. The first-order valence-corrected chi connectivity index (χ1v) is 10.9. The zero-order valence-corrected chi connectivity index (χ0v) is 17.9. The third-order valence-corrected chi connectivity index (χ3v) is 5.95. The Labute approximate surface area is 191 Å². The van der Waals surface area contributed by atoms with Crippen molar-refractivity contribution in [3.8, 4) is 33.8 Å². The van der Waals surface area contributed by atoms with Crippen LogP contribution in [0.1, 0.15) is 5.56 Å². The van der Waals surface area contributed by atoms with Crippen LogP contribution in [0.2, 0.25) is 0 Å². The summed E-state index contributed by atoms with van der Waals surface area (Å²) in [7, 11) is 0. The van der Waals surface area contributed by atoms with E-state index >= 15 is 0 Å². The molecule has 158 valence electrons. The molecule has 6 aromatic rings. The molecule has 0 aliphatic carbocycles. The van der Waals surface area contributed by atoms with Crippen LogP contribution in [-0.2, 0) is 6.54 Å². The van der Waals surface area contributed by atoms with E-state index in [0.29, 0.717) is 6.54 Å². The predicted molar refractivity (Wildman–Crippen MR) is 132 cm³/mol. The van der Waals surface area contributed by atoms with Gasteiger partial charge in [0.25, 0.3) is 0 Å². The van der Waals surface area contributed by atoms with Gasteiger partial charge in [-0.05, 0) is 23.3 Å². The minimum Gasteiger partial charge on any atom is -0.326 e. The molecule has 0 aliphatic heterocycles. The third kappa shape index (κ3) is 3.35. The van der Waals surface area contributed by atoms with Gasteiger partial charge in [-0.15, -0.1) is 10.2 Å². The zero-order chi connectivity index (χ0) is 22.2. The maximum absolute atomic E-state index is 5.80. The van der Waals surface area contributed by atoms with Crippen molar-refractivity contribution in [2.45, 2.75) is 6.54 Å². The number of pyridine rings is 2. The fourth-order valence-electron chi connectivity index (χ4n) is 4.24.